The first-order chi connectivity index (χ1) is 16.3. The second-order valence-electron chi connectivity index (χ2n) is 13.3. The van der Waals surface area contributed by atoms with Crippen LogP contribution in [0.15, 0.2) is 0 Å². The Morgan fingerprint density at radius 1 is 0.865 bits per heavy atom. The highest BCUT2D eigenvalue weighted by Crippen LogP contribution is 2.67. The van der Waals surface area contributed by atoms with Crippen LogP contribution in [0, 0.1) is 46.3 Å². The van der Waals surface area contributed by atoms with Crippen LogP contribution >= 0.6 is 37.2 Å². The number of hydrogen-bond acceptors (Lipinski definition) is 5. The number of hydrogen-bond donors (Lipinski definition) is 5. The molecule has 4 aliphatic carbocycles. The molecule has 37 heavy (non-hydrogen) atoms. The van der Waals surface area contributed by atoms with E-state index in [0.29, 0.717) is 47.3 Å². The predicted octanol–water partition coefficient (Wildman–Crippen LogP) is 5.15. The normalized spacial score (nSPS) is 41.2. The summed E-state index contributed by atoms with van der Waals surface area (Å²) in [5, 5.41) is 17.4. The highest BCUT2D eigenvalue weighted by atomic mass is 35.5. The summed E-state index contributed by atoms with van der Waals surface area (Å²) in [5.41, 5.74) is 13.5. The molecule has 0 aliphatic heterocycles. The SMILES string of the molecule is C[C@H](CO)[C@H]1CC[C@H]2[C@@H]3[C@H](N)C[C@H]4C[C@@H](NCCCNCCCCN)CC[C@]4(C)[C@H]3CC[C@]12C.Cl.Cl.Cl. The van der Waals surface area contributed by atoms with Gasteiger partial charge in [-0.2, -0.15) is 0 Å². The molecular weight excluding hydrogens is 527 g/mol. The van der Waals surface area contributed by atoms with E-state index in [-0.39, 0.29) is 37.2 Å². The van der Waals surface area contributed by atoms with Crippen LogP contribution in [0.5, 0.6) is 0 Å². The van der Waals surface area contributed by atoms with Crippen molar-refractivity contribution < 1.29 is 5.11 Å². The van der Waals surface area contributed by atoms with Gasteiger partial charge < -0.3 is 27.2 Å². The monoisotopic (exact) mass is 584 g/mol. The molecule has 0 spiro atoms. The minimum absolute atomic E-state index is 0. The number of halogens is 3. The summed E-state index contributed by atoms with van der Waals surface area (Å²) in [5.74, 6) is 4.16. The Hall–Kier alpha value is 0.670. The van der Waals surface area contributed by atoms with Gasteiger partial charge >= 0.3 is 0 Å². The van der Waals surface area contributed by atoms with Crippen molar-refractivity contribution in [2.45, 2.75) is 103 Å². The lowest BCUT2D eigenvalue weighted by Gasteiger charge is -2.63. The van der Waals surface area contributed by atoms with Gasteiger partial charge in [-0.15, -0.1) is 37.2 Å². The molecule has 0 aromatic heterocycles. The van der Waals surface area contributed by atoms with Crippen LogP contribution in [-0.2, 0) is 0 Å². The standard InChI is InChI=1S/C29H56N4O.3ClH/c1-20(19-34)23-7-8-24-27-25(10-12-29(23,24)3)28(2)11-9-22(17-21(28)18-26(27)31)33-16-6-15-32-14-5-4-13-30;;;/h20-27,32-34H,4-19,30-31H2,1-3H3;3*1H/t20-,21-,22+,23-,24+,25+,26-,27+,28+,29-;;;/m1.../s1. The van der Waals surface area contributed by atoms with E-state index in [1.807, 2.05) is 0 Å². The van der Waals surface area contributed by atoms with Crippen molar-refractivity contribution >= 4 is 37.2 Å². The van der Waals surface area contributed by atoms with Gasteiger partial charge in [0.2, 0.25) is 0 Å². The fourth-order valence-electron chi connectivity index (χ4n) is 9.65. The Balaban J connectivity index is 0.00000228. The van der Waals surface area contributed by atoms with Gasteiger partial charge in [0.1, 0.15) is 0 Å². The van der Waals surface area contributed by atoms with Crippen LogP contribution in [0.1, 0.15) is 91.4 Å². The van der Waals surface area contributed by atoms with Crippen molar-refractivity contribution in [3.05, 3.63) is 0 Å². The highest BCUT2D eigenvalue weighted by molar-refractivity contribution is 5.86. The largest absolute Gasteiger partial charge is 0.396 e. The van der Waals surface area contributed by atoms with Gasteiger partial charge in [-0.3, -0.25) is 0 Å². The molecule has 4 fully saturated rings. The smallest absolute Gasteiger partial charge is 0.0459 e. The molecule has 0 saturated heterocycles. The van der Waals surface area contributed by atoms with Crippen LogP contribution in [-0.4, -0.2) is 50.0 Å². The van der Waals surface area contributed by atoms with E-state index in [4.69, 9.17) is 11.5 Å². The number of aliphatic hydroxyl groups is 1. The van der Waals surface area contributed by atoms with Crippen LogP contribution in [0.3, 0.4) is 0 Å². The number of rotatable bonds is 11. The van der Waals surface area contributed by atoms with Gasteiger partial charge in [0.15, 0.2) is 0 Å². The van der Waals surface area contributed by atoms with Gasteiger partial charge in [-0.25, -0.2) is 0 Å². The number of aliphatic hydroxyl groups excluding tert-OH is 1. The van der Waals surface area contributed by atoms with Crippen molar-refractivity contribution in [1.82, 2.24) is 10.6 Å². The summed E-state index contributed by atoms with van der Waals surface area (Å²) in [6.45, 7) is 12.0. The molecule has 8 heteroatoms. The van der Waals surface area contributed by atoms with E-state index >= 15 is 0 Å². The van der Waals surface area contributed by atoms with Crippen LogP contribution in [0.25, 0.3) is 0 Å². The predicted molar refractivity (Wildman–Crippen MR) is 164 cm³/mol. The maximum Gasteiger partial charge on any atom is 0.0459 e. The lowest BCUT2D eigenvalue weighted by atomic mass is 9.43. The number of fused-ring (bicyclic) bond motifs is 5. The topological polar surface area (TPSA) is 96.3 Å². The van der Waals surface area contributed by atoms with Gasteiger partial charge in [0, 0.05) is 18.7 Å². The quantitative estimate of drug-likeness (QED) is 0.216. The van der Waals surface area contributed by atoms with Crippen molar-refractivity contribution in [1.29, 1.82) is 0 Å². The minimum Gasteiger partial charge on any atom is -0.396 e. The second-order valence-corrected chi connectivity index (χ2v) is 13.3. The van der Waals surface area contributed by atoms with Gasteiger partial charge in [-0.05, 0) is 143 Å². The van der Waals surface area contributed by atoms with Crippen molar-refractivity contribution in [2.75, 3.05) is 32.8 Å². The maximum absolute atomic E-state index is 9.90. The van der Waals surface area contributed by atoms with E-state index in [1.165, 1.54) is 64.2 Å². The molecule has 0 unspecified atom stereocenters. The molecule has 222 valence electrons. The van der Waals surface area contributed by atoms with E-state index < -0.39 is 0 Å². The highest BCUT2D eigenvalue weighted by Gasteiger charge is 2.62. The molecule has 0 aromatic rings. The van der Waals surface area contributed by atoms with E-state index in [9.17, 15) is 5.11 Å². The van der Waals surface area contributed by atoms with Crippen molar-refractivity contribution in [3.63, 3.8) is 0 Å². The van der Waals surface area contributed by atoms with Gasteiger partial charge in [0.05, 0.1) is 0 Å². The Morgan fingerprint density at radius 3 is 2.24 bits per heavy atom. The van der Waals surface area contributed by atoms with Crippen molar-refractivity contribution in [3.8, 4) is 0 Å². The van der Waals surface area contributed by atoms with Crippen LogP contribution in [0.4, 0.5) is 0 Å². The van der Waals surface area contributed by atoms with Crippen LogP contribution < -0.4 is 22.1 Å². The molecule has 5 nitrogen and oxygen atoms in total. The number of unbranched alkanes of at least 4 members (excludes halogenated alkanes) is 1. The molecule has 0 heterocycles. The summed E-state index contributed by atoms with van der Waals surface area (Å²) in [6.07, 6.45) is 14.1. The van der Waals surface area contributed by atoms with Gasteiger partial charge in [0.25, 0.3) is 0 Å². The summed E-state index contributed by atoms with van der Waals surface area (Å²) >= 11 is 0. The van der Waals surface area contributed by atoms with Gasteiger partial charge in [-0.1, -0.05) is 20.8 Å². The summed E-state index contributed by atoms with van der Waals surface area (Å²) < 4.78 is 0. The Kier molecular flexibility index (Phi) is 15.1. The third kappa shape index (κ3) is 7.31. The molecular formula is C29H59Cl3N4O. The summed E-state index contributed by atoms with van der Waals surface area (Å²) in [6, 6.07) is 1.04. The summed E-state index contributed by atoms with van der Waals surface area (Å²) in [4.78, 5) is 0. The third-order valence-electron chi connectivity index (χ3n) is 11.6. The van der Waals surface area contributed by atoms with E-state index in [1.54, 1.807) is 0 Å². The average Bonchev–Trinajstić information content (AvgIpc) is 3.18. The van der Waals surface area contributed by atoms with Crippen LogP contribution in [0.2, 0.25) is 0 Å². The summed E-state index contributed by atoms with van der Waals surface area (Å²) in [7, 11) is 0. The Labute approximate surface area is 246 Å². The zero-order valence-corrected chi connectivity index (χ0v) is 26.2. The van der Waals surface area contributed by atoms with E-state index in [0.717, 1.165) is 50.4 Å². The van der Waals surface area contributed by atoms with E-state index in [2.05, 4.69) is 31.4 Å². The third-order valence-corrected chi connectivity index (χ3v) is 11.6. The first-order valence-electron chi connectivity index (χ1n) is 14.9. The molecule has 7 N–H and O–H groups in total. The molecule has 0 aromatic carbocycles. The minimum atomic E-state index is 0. The Bertz CT molecular complexity index is 661. The first-order valence-corrected chi connectivity index (χ1v) is 14.9. The lowest BCUT2D eigenvalue weighted by molar-refractivity contribution is -0.127. The Morgan fingerprint density at radius 2 is 1.54 bits per heavy atom. The number of nitrogens with two attached hydrogens (primary N) is 2. The second kappa shape index (κ2) is 15.6. The zero-order valence-electron chi connectivity index (χ0n) is 23.8. The molecule has 0 bridgehead atoms. The first kappa shape index (κ1) is 35.7. The fourth-order valence-corrected chi connectivity index (χ4v) is 9.65. The molecule has 4 rings (SSSR count). The molecule has 4 saturated carbocycles. The molecule has 0 radical (unpaired) electrons. The zero-order chi connectivity index (χ0) is 24.3. The maximum atomic E-state index is 9.90. The average molecular weight is 586 g/mol. The molecule has 4 aliphatic rings. The molecule has 0 amide bonds. The lowest BCUT2D eigenvalue weighted by Crippen LogP contribution is -2.61. The van der Waals surface area contributed by atoms with Crippen molar-refractivity contribution in [2.24, 2.45) is 57.8 Å². The molecule has 10 atom stereocenters. The number of nitrogens with one attached hydrogen (secondary N) is 2. The fraction of sp³-hybridized carbons (Fsp3) is 1.00.